The van der Waals surface area contributed by atoms with Crippen molar-refractivity contribution in [2.24, 2.45) is 0 Å². The highest BCUT2D eigenvalue weighted by atomic mass is 16.3. The number of anilines is 1. The molecule has 0 bridgehead atoms. The van der Waals surface area contributed by atoms with Gasteiger partial charge in [-0.2, -0.15) is 0 Å². The largest absolute Gasteiger partial charge is 0.508 e. The van der Waals surface area contributed by atoms with Crippen molar-refractivity contribution < 1.29 is 5.11 Å². The van der Waals surface area contributed by atoms with Crippen molar-refractivity contribution in [2.45, 2.75) is 6.04 Å². The molecule has 0 spiro atoms. The van der Waals surface area contributed by atoms with Crippen molar-refractivity contribution in [3.8, 4) is 11.4 Å². The number of rotatable bonds is 1. The number of phenolic OH excluding ortho intramolecular Hbond substituents is 1. The van der Waals surface area contributed by atoms with E-state index in [9.17, 15) is 5.11 Å². The van der Waals surface area contributed by atoms with Crippen LogP contribution >= 0.6 is 0 Å². The summed E-state index contributed by atoms with van der Waals surface area (Å²) in [6.07, 6.45) is 2.06. The van der Waals surface area contributed by atoms with Crippen LogP contribution in [0.15, 0.2) is 66.9 Å². The first-order valence-electron chi connectivity index (χ1n) is 6.66. The van der Waals surface area contributed by atoms with Gasteiger partial charge in [-0.15, -0.1) is 0 Å². The molecule has 4 rings (SSSR count). The van der Waals surface area contributed by atoms with E-state index in [0.717, 1.165) is 22.6 Å². The molecule has 0 fully saturated rings. The molecule has 1 aliphatic rings. The molecule has 3 aromatic rings. The lowest BCUT2D eigenvalue weighted by molar-refractivity contribution is 0.465. The summed E-state index contributed by atoms with van der Waals surface area (Å²) in [5.74, 6) is 0.317. The van der Waals surface area contributed by atoms with Crippen LogP contribution in [-0.2, 0) is 0 Å². The van der Waals surface area contributed by atoms with Crippen molar-refractivity contribution in [3.63, 3.8) is 0 Å². The first-order chi connectivity index (χ1) is 9.84. The van der Waals surface area contributed by atoms with Crippen LogP contribution < -0.4 is 5.32 Å². The lowest BCUT2D eigenvalue weighted by Gasteiger charge is -2.30. The van der Waals surface area contributed by atoms with Crippen molar-refractivity contribution in [1.29, 1.82) is 0 Å². The van der Waals surface area contributed by atoms with E-state index in [1.54, 1.807) is 6.07 Å². The van der Waals surface area contributed by atoms with Crippen LogP contribution in [0.2, 0.25) is 0 Å². The van der Waals surface area contributed by atoms with E-state index in [4.69, 9.17) is 0 Å². The SMILES string of the molecule is Oc1ccccc1C1Nc2ccccc2-n2cccc21. The van der Waals surface area contributed by atoms with Gasteiger partial charge < -0.3 is 15.0 Å². The molecule has 3 nitrogen and oxygen atoms in total. The third-order valence-corrected chi connectivity index (χ3v) is 3.79. The summed E-state index contributed by atoms with van der Waals surface area (Å²) in [5.41, 5.74) is 4.23. The molecule has 1 aromatic heterocycles. The number of aromatic hydroxyl groups is 1. The van der Waals surface area contributed by atoms with Gasteiger partial charge in [0.2, 0.25) is 0 Å². The minimum Gasteiger partial charge on any atom is -0.508 e. The van der Waals surface area contributed by atoms with E-state index < -0.39 is 0 Å². The lowest BCUT2D eigenvalue weighted by atomic mass is 10.00. The molecule has 3 heteroatoms. The fourth-order valence-corrected chi connectivity index (χ4v) is 2.85. The molecule has 2 heterocycles. The molecule has 98 valence electrons. The Morgan fingerprint density at radius 1 is 0.900 bits per heavy atom. The summed E-state index contributed by atoms with van der Waals surface area (Å²) in [7, 11) is 0. The third-order valence-electron chi connectivity index (χ3n) is 3.79. The number of benzene rings is 2. The Labute approximate surface area is 117 Å². The second-order valence-electron chi connectivity index (χ2n) is 4.96. The van der Waals surface area contributed by atoms with Gasteiger partial charge in [-0.05, 0) is 30.3 Å². The van der Waals surface area contributed by atoms with E-state index in [1.165, 1.54) is 0 Å². The van der Waals surface area contributed by atoms with E-state index in [-0.39, 0.29) is 6.04 Å². The Morgan fingerprint density at radius 3 is 2.60 bits per heavy atom. The minimum absolute atomic E-state index is 0.0406. The highest BCUT2D eigenvalue weighted by molar-refractivity contribution is 5.67. The Hall–Kier alpha value is -2.68. The van der Waals surface area contributed by atoms with E-state index >= 15 is 0 Å². The van der Waals surface area contributed by atoms with Gasteiger partial charge in [-0.1, -0.05) is 30.3 Å². The molecule has 2 N–H and O–H groups in total. The Morgan fingerprint density at radius 2 is 1.70 bits per heavy atom. The van der Waals surface area contributed by atoms with Crippen molar-refractivity contribution >= 4 is 5.69 Å². The number of fused-ring (bicyclic) bond motifs is 3. The number of phenols is 1. The molecular formula is C17H14N2O. The number of nitrogens with zero attached hydrogens (tertiary/aromatic N) is 1. The molecule has 1 aliphatic heterocycles. The van der Waals surface area contributed by atoms with Crippen LogP contribution in [0.1, 0.15) is 17.3 Å². The maximum atomic E-state index is 10.1. The zero-order chi connectivity index (χ0) is 13.5. The summed E-state index contributed by atoms with van der Waals surface area (Å²) in [5, 5.41) is 13.6. The number of para-hydroxylation sites is 3. The van der Waals surface area contributed by atoms with Gasteiger partial charge in [-0.25, -0.2) is 0 Å². The van der Waals surface area contributed by atoms with Gasteiger partial charge in [0.25, 0.3) is 0 Å². The van der Waals surface area contributed by atoms with Crippen LogP contribution in [-0.4, -0.2) is 9.67 Å². The molecule has 0 aliphatic carbocycles. The van der Waals surface area contributed by atoms with Gasteiger partial charge in [0.05, 0.1) is 17.4 Å². The smallest absolute Gasteiger partial charge is 0.121 e. The standard InChI is InChI=1S/C17H14N2O/c20-16-10-4-1-6-12(16)17-15-9-5-11-19(15)14-8-3-2-7-13(14)18-17/h1-11,17-18,20H. The Bertz CT molecular complexity index is 776. The van der Waals surface area contributed by atoms with Crippen LogP contribution in [0.4, 0.5) is 5.69 Å². The molecule has 0 saturated carbocycles. The lowest BCUT2D eigenvalue weighted by Crippen LogP contribution is -2.21. The van der Waals surface area contributed by atoms with Crippen LogP contribution in [0.5, 0.6) is 5.75 Å². The maximum absolute atomic E-state index is 10.1. The molecular weight excluding hydrogens is 248 g/mol. The minimum atomic E-state index is -0.0406. The Balaban J connectivity index is 1.92. The van der Waals surface area contributed by atoms with Gasteiger partial charge in [0.15, 0.2) is 0 Å². The number of hydrogen-bond donors (Lipinski definition) is 2. The molecule has 2 aromatic carbocycles. The molecule has 1 atom stereocenters. The number of nitrogens with one attached hydrogen (secondary N) is 1. The molecule has 0 radical (unpaired) electrons. The Kier molecular flexibility index (Phi) is 2.33. The average Bonchev–Trinajstić information content (AvgIpc) is 2.97. The van der Waals surface area contributed by atoms with Crippen molar-refractivity contribution in [2.75, 3.05) is 5.32 Å². The summed E-state index contributed by atoms with van der Waals surface area (Å²) in [6, 6.07) is 19.8. The zero-order valence-electron chi connectivity index (χ0n) is 10.8. The number of aromatic nitrogens is 1. The molecule has 0 saturated heterocycles. The normalized spacial score (nSPS) is 16.1. The first kappa shape index (κ1) is 11.2. The highest BCUT2D eigenvalue weighted by Gasteiger charge is 2.26. The van der Waals surface area contributed by atoms with Gasteiger partial charge in [-0.3, -0.25) is 0 Å². The predicted octanol–water partition coefficient (Wildman–Crippen LogP) is 3.70. The van der Waals surface area contributed by atoms with Crippen LogP contribution in [0.3, 0.4) is 0 Å². The highest BCUT2D eigenvalue weighted by Crippen LogP contribution is 2.39. The second kappa shape index (κ2) is 4.17. The molecule has 1 unspecified atom stereocenters. The first-order valence-corrected chi connectivity index (χ1v) is 6.66. The van der Waals surface area contributed by atoms with Gasteiger partial charge in [0.1, 0.15) is 5.75 Å². The van der Waals surface area contributed by atoms with Crippen molar-refractivity contribution in [1.82, 2.24) is 4.57 Å². The second-order valence-corrected chi connectivity index (χ2v) is 4.96. The molecule has 20 heavy (non-hydrogen) atoms. The maximum Gasteiger partial charge on any atom is 0.121 e. The summed E-state index contributed by atoms with van der Waals surface area (Å²) in [4.78, 5) is 0. The fourth-order valence-electron chi connectivity index (χ4n) is 2.85. The van der Waals surface area contributed by atoms with Crippen molar-refractivity contribution in [3.05, 3.63) is 78.1 Å². The third kappa shape index (κ3) is 1.53. The van der Waals surface area contributed by atoms with Gasteiger partial charge >= 0.3 is 0 Å². The van der Waals surface area contributed by atoms with E-state index in [1.807, 2.05) is 36.4 Å². The van der Waals surface area contributed by atoms with Crippen LogP contribution in [0.25, 0.3) is 5.69 Å². The predicted molar refractivity (Wildman–Crippen MR) is 79.3 cm³/mol. The van der Waals surface area contributed by atoms with E-state index in [2.05, 4.69) is 34.3 Å². The van der Waals surface area contributed by atoms with Crippen LogP contribution in [0, 0.1) is 0 Å². The summed E-state index contributed by atoms with van der Waals surface area (Å²) < 4.78 is 2.17. The summed E-state index contributed by atoms with van der Waals surface area (Å²) in [6.45, 7) is 0. The average molecular weight is 262 g/mol. The molecule has 0 amide bonds. The fraction of sp³-hybridized carbons (Fsp3) is 0.0588. The monoisotopic (exact) mass is 262 g/mol. The number of hydrogen-bond acceptors (Lipinski definition) is 2. The van der Waals surface area contributed by atoms with Gasteiger partial charge in [0, 0.05) is 17.5 Å². The zero-order valence-corrected chi connectivity index (χ0v) is 10.8. The van der Waals surface area contributed by atoms with E-state index in [0.29, 0.717) is 5.75 Å². The summed E-state index contributed by atoms with van der Waals surface area (Å²) >= 11 is 0. The quantitative estimate of drug-likeness (QED) is 0.701. The topological polar surface area (TPSA) is 37.2 Å².